The van der Waals surface area contributed by atoms with Crippen molar-refractivity contribution in [1.29, 1.82) is 0 Å². The SMILES string of the molecule is CCCCCCOc1ccc(C2c3c(oc4ccc(F)cc4c3=O)C(=O)N2c2ccc(F)cc2)cc1OC. The Labute approximate surface area is 218 Å². The van der Waals surface area contributed by atoms with Crippen molar-refractivity contribution in [1.82, 2.24) is 0 Å². The van der Waals surface area contributed by atoms with Gasteiger partial charge in [0.15, 0.2) is 16.9 Å². The fraction of sp³-hybridized carbons (Fsp3) is 0.267. The summed E-state index contributed by atoms with van der Waals surface area (Å²) in [4.78, 5) is 28.7. The lowest BCUT2D eigenvalue weighted by Crippen LogP contribution is -2.29. The van der Waals surface area contributed by atoms with Crippen molar-refractivity contribution in [2.24, 2.45) is 0 Å². The molecule has 0 aliphatic carbocycles. The fourth-order valence-corrected chi connectivity index (χ4v) is 4.81. The third-order valence-electron chi connectivity index (χ3n) is 6.70. The van der Waals surface area contributed by atoms with Crippen molar-refractivity contribution in [3.05, 3.63) is 99.4 Å². The minimum absolute atomic E-state index is 0.0292. The number of ether oxygens (including phenoxy) is 2. The maximum Gasteiger partial charge on any atom is 0.295 e. The minimum atomic E-state index is -0.917. The molecular weight excluding hydrogens is 492 g/mol. The van der Waals surface area contributed by atoms with Crippen molar-refractivity contribution in [2.45, 2.75) is 38.6 Å². The van der Waals surface area contributed by atoms with Crippen molar-refractivity contribution in [3.8, 4) is 11.5 Å². The third kappa shape index (κ3) is 4.62. The minimum Gasteiger partial charge on any atom is -0.493 e. The van der Waals surface area contributed by atoms with Crippen LogP contribution in [-0.2, 0) is 0 Å². The van der Waals surface area contributed by atoms with Gasteiger partial charge >= 0.3 is 0 Å². The van der Waals surface area contributed by atoms with Crippen LogP contribution in [0.5, 0.6) is 11.5 Å². The van der Waals surface area contributed by atoms with Gasteiger partial charge in [0.25, 0.3) is 5.91 Å². The molecule has 0 fully saturated rings. The largest absolute Gasteiger partial charge is 0.493 e. The number of rotatable bonds is 9. The van der Waals surface area contributed by atoms with E-state index in [0.29, 0.717) is 29.4 Å². The molecule has 1 unspecified atom stereocenters. The zero-order valence-electron chi connectivity index (χ0n) is 21.1. The number of halogens is 2. The normalized spacial score (nSPS) is 14.7. The molecule has 3 aromatic carbocycles. The van der Waals surface area contributed by atoms with Crippen molar-refractivity contribution in [2.75, 3.05) is 18.6 Å². The topological polar surface area (TPSA) is 69.0 Å². The molecule has 1 aliphatic heterocycles. The maximum atomic E-state index is 14.0. The number of hydrogen-bond donors (Lipinski definition) is 0. The summed E-state index contributed by atoms with van der Waals surface area (Å²) < 4.78 is 45.1. The summed E-state index contributed by atoms with van der Waals surface area (Å²) in [5.74, 6) is -0.781. The van der Waals surface area contributed by atoms with Crippen LogP contribution in [0.1, 0.15) is 60.3 Å². The van der Waals surface area contributed by atoms with Crippen LogP contribution in [0.15, 0.2) is 69.9 Å². The Morgan fingerprint density at radius 2 is 1.66 bits per heavy atom. The molecule has 0 N–H and O–H groups in total. The second-order valence-corrected chi connectivity index (χ2v) is 9.19. The molecule has 0 bridgehead atoms. The fourth-order valence-electron chi connectivity index (χ4n) is 4.81. The van der Waals surface area contributed by atoms with Gasteiger partial charge in [-0.05, 0) is 66.6 Å². The zero-order chi connectivity index (χ0) is 26.8. The summed E-state index contributed by atoms with van der Waals surface area (Å²) in [6, 6.07) is 13.3. The molecule has 0 radical (unpaired) electrons. The van der Waals surface area contributed by atoms with Crippen LogP contribution in [0.4, 0.5) is 14.5 Å². The molecule has 6 nitrogen and oxygen atoms in total. The number of hydrogen-bond acceptors (Lipinski definition) is 5. The van der Waals surface area contributed by atoms with Gasteiger partial charge in [-0.25, -0.2) is 8.78 Å². The molecule has 1 amide bonds. The number of amides is 1. The van der Waals surface area contributed by atoms with Crippen molar-refractivity contribution in [3.63, 3.8) is 0 Å². The number of methoxy groups -OCH3 is 1. The highest BCUT2D eigenvalue weighted by Gasteiger charge is 2.44. The number of benzene rings is 3. The van der Waals surface area contributed by atoms with Gasteiger partial charge in [-0.3, -0.25) is 14.5 Å². The van der Waals surface area contributed by atoms with E-state index in [0.717, 1.165) is 37.8 Å². The van der Waals surface area contributed by atoms with Gasteiger partial charge in [-0.15, -0.1) is 0 Å². The lowest BCUT2D eigenvalue weighted by molar-refractivity contribution is 0.0971. The Hall–Kier alpha value is -4.20. The summed E-state index contributed by atoms with van der Waals surface area (Å²) >= 11 is 0. The third-order valence-corrected chi connectivity index (χ3v) is 6.70. The summed E-state index contributed by atoms with van der Waals surface area (Å²) in [6.45, 7) is 2.67. The van der Waals surface area contributed by atoms with Gasteiger partial charge in [0.05, 0.1) is 30.7 Å². The van der Waals surface area contributed by atoms with E-state index in [4.69, 9.17) is 13.9 Å². The summed E-state index contributed by atoms with van der Waals surface area (Å²) in [5.41, 5.74) is 0.594. The lowest BCUT2D eigenvalue weighted by Gasteiger charge is -2.26. The van der Waals surface area contributed by atoms with Crippen molar-refractivity contribution >= 4 is 22.6 Å². The standard InChI is InChI=1S/C30H27F2NO5/c1-3-4-5-6-15-37-24-13-7-18(16-25(24)36-2)27-26-28(34)22-17-20(32)10-14-23(22)38-29(26)30(35)33(27)21-11-8-19(31)9-12-21/h7-14,16-17,27H,3-6,15H2,1-2H3. The molecule has 5 rings (SSSR count). The Bertz CT molecular complexity index is 1550. The van der Waals surface area contributed by atoms with Crippen LogP contribution >= 0.6 is 0 Å². The van der Waals surface area contributed by atoms with Gasteiger partial charge in [0.1, 0.15) is 17.2 Å². The molecule has 8 heteroatoms. The van der Waals surface area contributed by atoms with E-state index in [1.807, 2.05) is 0 Å². The molecule has 1 atom stereocenters. The summed E-state index contributed by atoms with van der Waals surface area (Å²) in [5, 5.41) is 0.0292. The average molecular weight is 520 g/mol. The number of carbonyl (C=O) groups excluding carboxylic acids is 1. The number of nitrogens with zero attached hydrogens (tertiary/aromatic N) is 1. The van der Waals surface area contributed by atoms with E-state index in [1.165, 1.54) is 42.3 Å². The Kier molecular flexibility index (Phi) is 7.13. The van der Waals surface area contributed by atoms with Crippen molar-refractivity contribution < 1.29 is 27.5 Å². The predicted octanol–water partition coefficient (Wildman–Crippen LogP) is 6.79. The van der Waals surface area contributed by atoms with Crippen LogP contribution in [0.2, 0.25) is 0 Å². The molecule has 0 saturated heterocycles. The van der Waals surface area contributed by atoms with Gasteiger partial charge in [0, 0.05) is 5.69 Å². The first-order chi connectivity index (χ1) is 18.4. The number of fused-ring (bicyclic) bond motifs is 2. The molecule has 1 aliphatic rings. The molecule has 0 spiro atoms. The molecule has 0 saturated carbocycles. The molecule has 38 heavy (non-hydrogen) atoms. The highest BCUT2D eigenvalue weighted by molar-refractivity contribution is 6.10. The van der Waals surface area contributed by atoms with Gasteiger partial charge in [-0.1, -0.05) is 32.3 Å². The smallest absolute Gasteiger partial charge is 0.295 e. The Balaban J connectivity index is 1.63. The zero-order valence-corrected chi connectivity index (χ0v) is 21.1. The molecular formula is C30H27F2NO5. The van der Waals surface area contributed by atoms with Crippen LogP contribution in [0, 0.1) is 11.6 Å². The van der Waals surface area contributed by atoms with Gasteiger partial charge in [0.2, 0.25) is 5.76 Å². The number of unbranched alkanes of at least 4 members (excludes halogenated alkanes) is 3. The quantitative estimate of drug-likeness (QED) is 0.228. The highest BCUT2D eigenvalue weighted by Crippen LogP contribution is 2.43. The Morgan fingerprint density at radius 1 is 0.895 bits per heavy atom. The van der Waals surface area contributed by atoms with E-state index in [9.17, 15) is 18.4 Å². The molecule has 2 heterocycles. The van der Waals surface area contributed by atoms with Crippen LogP contribution in [-0.4, -0.2) is 19.6 Å². The lowest BCUT2D eigenvalue weighted by atomic mass is 9.97. The maximum absolute atomic E-state index is 14.0. The molecule has 4 aromatic rings. The van der Waals surface area contributed by atoms with Crippen LogP contribution < -0.4 is 19.8 Å². The van der Waals surface area contributed by atoms with Gasteiger partial charge < -0.3 is 13.9 Å². The summed E-state index contributed by atoms with van der Waals surface area (Å²) in [7, 11) is 1.51. The second-order valence-electron chi connectivity index (χ2n) is 9.19. The van der Waals surface area contributed by atoms with E-state index in [-0.39, 0.29) is 22.3 Å². The first-order valence-corrected chi connectivity index (χ1v) is 12.6. The number of anilines is 1. The summed E-state index contributed by atoms with van der Waals surface area (Å²) in [6.07, 6.45) is 4.23. The predicted molar refractivity (Wildman–Crippen MR) is 140 cm³/mol. The second kappa shape index (κ2) is 10.7. The van der Waals surface area contributed by atoms with E-state index >= 15 is 0 Å². The van der Waals surface area contributed by atoms with E-state index < -0.39 is 29.0 Å². The first-order valence-electron chi connectivity index (χ1n) is 12.6. The van der Waals surface area contributed by atoms with E-state index in [2.05, 4.69) is 6.92 Å². The monoisotopic (exact) mass is 519 g/mol. The molecule has 196 valence electrons. The van der Waals surface area contributed by atoms with E-state index in [1.54, 1.807) is 18.2 Å². The Morgan fingerprint density at radius 3 is 2.39 bits per heavy atom. The highest BCUT2D eigenvalue weighted by atomic mass is 19.1. The first kappa shape index (κ1) is 25.4. The molecule has 1 aromatic heterocycles. The van der Waals surface area contributed by atoms with Gasteiger partial charge in [-0.2, -0.15) is 0 Å². The number of carbonyl (C=O) groups is 1. The average Bonchev–Trinajstić information content (AvgIpc) is 3.22. The van der Waals surface area contributed by atoms with Crippen LogP contribution in [0.3, 0.4) is 0 Å². The van der Waals surface area contributed by atoms with Crippen LogP contribution in [0.25, 0.3) is 11.0 Å².